The number of aryl methyl sites for hydroxylation is 1. The Morgan fingerprint density at radius 3 is 2.48 bits per heavy atom. The van der Waals surface area contributed by atoms with Gasteiger partial charge in [-0.15, -0.1) is 0 Å². The molecule has 0 unspecified atom stereocenters. The number of Topliss-reactive ketones (excluding diaryl/α,β-unsaturated/α-hetero) is 1. The van der Waals surface area contributed by atoms with Gasteiger partial charge in [0.2, 0.25) is 0 Å². The third-order valence-electron chi connectivity index (χ3n) is 5.63. The average molecular weight is 435 g/mol. The van der Waals surface area contributed by atoms with Gasteiger partial charge in [0.25, 0.3) is 5.91 Å². The molecule has 1 aliphatic rings. The van der Waals surface area contributed by atoms with Crippen LogP contribution >= 0.6 is 11.6 Å². The third-order valence-corrected chi connectivity index (χ3v) is 5.89. The van der Waals surface area contributed by atoms with E-state index in [1.54, 1.807) is 30.6 Å². The second-order valence-electron chi connectivity index (χ2n) is 7.74. The zero-order chi connectivity index (χ0) is 21.8. The highest BCUT2D eigenvalue weighted by atomic mass is 35.5. The molecule has 0 radical (unpaired) electrons. The first kappa shape index (κ1) is 21.2. The normalized spacial score (nSPS) is 18.2. The van der Waals surface area contributed by atoms with Gasteiger partial charge in [0.1, 0.15) is 0 Å². The zero-order valence-corrected chi connectivity index (χ0v) is 17.7. The van der Waals surface area contributed by atoms with Crippen LogP contribution in [0.25, 0.3) is 11.1 Å². The SMILES string of the molecule is O=C(CCc1ccc(Cl)cc1)[C@@H]1C[C@@H](O)CN1C(=O)c1ccccc1-c1ccncc1. The van der Waals surface area contributed by atoms with E-state index in [-0.39, 0.29) is 24.7 Å². The Labute approximate surface area is 186 Å². The van der Waals surface area contributed by atoms with E-state index in [2.05, 4.69) is 4.98 Å². The van der Waals surface area contributed by atoms with E-state index in [4.69, 9.17) is 11.6 Å². The predicted molar refractivity (Wildman–Crippen MR) is 120 cm³/mol. The zero-order valence-electron chi connectivity index (χ0n) is 16.9. The van der Waals surface area contributed by atoms with E-state index in [1.807, 2.05) is 42.5 Å². The van der Waals surface area contributed by atoms with E-state index in [0.29, 0.717) is 23.4 Å². The summed E-state index contributed by atoms with van der Waals surface area (Å²) in [4.78, 5) is 32.0. The largest absolute Gasteiger partial charge is 0.391 e. The number of hydrogen-bond acceptors (Lipinski definition) is 4. The molecule has 1 aromatic heterocycles. The summed E-state index contributed by atoms with van der Waals surface area (Å²) in [7, 11) is 0. The molecule has 0 saturated carbocycles. The van der Waals surface area contributed by atoms with Crippen LogP contribution in [0.15, 0.2) is 73.1 Å². The van der Waals surface area contributed by atoms with Crippen molar-refractivity contribution in [1.29, 1.82) is 0 Å². The Balaban J connectivity index is 1.53. The molecule has 1 saturated heterocycles. The van der Waals surface area contributed by atoms with Gasteiger partial charge in [0.05, 0.1) is 12.1 Å². The van der Waals surface area contributed by atoms with E-state index < -0.39 is 12.1 Å². The lowest BCUT2D eigenvalue weighted by molar-refractivity contribution is -0.122. The lowest BCUT2D eigenvalue weighted by Gasteiger charge is -2.24. The van der Waals surface area contributed by atoms with Gasteiger partial charge in [-0.1, -0.05) is 41.9 Å². The number of carbonyl (C=O) groups is 2. The van der Waals surface area contributed by atoms with E-state index >= 15 is 0 Å². The van der Waals surface area contributed by atoms with Gasteiger partial charge in [-0.2, -0.15) is 0 Å². The van der Waals surface area contributed by atoms with Gasteiger partial charge < -0.3 is 10.0 Å². The summed E-state index contributed by atoms with van der Waals surface area (Å²) in [5.74, 6) is -0.282. The number of pyridine rings is 1. The van der Waals surface area contributed by atoms with Crippen LogP contribution in [-0.4, -0.2) is 45.4 Å². The molecule has 2 aromatic carbocycles. The van der Waals surface area contributed by atoms with Gasteiger partial charge in [-0.05, 0) is 53.4 Å². The predicted octanol–water partition coefficient (Wildman–Crippen LogP) is 4.18. The maximum absolute atomic E-state index is 13.4. The topological polar surface area (TPSA) is 70.5 Å². The van der Waals surface area contributed by atoms with Crippen molar-refractivity contribution in [2.24, 2.45) is 0 Å². The van der Waals surface area contributed by atoms with Gasteiger partial charge >= 0.3 is 0 Å². The number of likely N-dealkylation sites (tertiary alicyclic amines) is 1. The Bertz CT molecular complexity index is 1070. The van der Waals surface area contributed by atoms with Crippen LogP contribution in [-0.2, 0) is 11.2 Å². The molecular formula is C25H23ClN2O3. The molecule has 1 N–H and O–H groups in total. The van der Waals surface area contributed by atoms with Crippen LogP contribution < -0.4 is 0 Å². The minimum atomic E-state index is -0.707. The molecule has 0 bridgehead atoms. The van der Waals surface area contributed by atoms with Crippen LogP contribution in [0.2, 0.25) is 5.02 Å². The quantitative estimate of drug-likeness (QED) is 0.631. The van der Waals surface area contributed by atoms with Crippen molar-refractivity contribution in [3.05, 3.63) is 89.2 Å². The molecule has 2 heterocycles. The van der Waals surface area contributed by atoms with Crippen LogP contribution in [0, 0.1) is 0 Å². The van der Waals surface area contributed by atoms with E-state index in [1.165, 1.54) is 4.90 Å². The number of nitrogens with zero attached hydrogens (tertiary/aromatic N) is 2. The van der Waals surface area contributed by atoms with Crippen molar-refractivity contribution in [1.82, 2.24) is 9.88 Å². The van der Waals surface area contributed by atoms with E-state index in [0.717, 1.165) is 16.7 Å². The van der Waals surface area contributed by atoms with Crippen molar-refractivity contribution < 1.29 is 14.7 Å². The Kier molecular flexibility index (Phi) is 6.44. The maximum atomic E-state index is 13.4. The second kappa shape index (κ2) is 9.41. The van der Waals surface area contributed by atoms with Crippen LogP contribution in [0.5, 0.6) is 0 Å². The number of rotatable bonds is 6. The molecule has 1 amide bonds. The molecule has 158 valence electrons. The standard InChI is InChI=1S/C25H23ClN2O3/c26-19-8-5-17(6-9-19)7-10-24(30)23-15-20(29)16-28(23)25(31)22-4-2-1-3-21(22)18-11-13-27-14-12-18/h1-6,8-9,11-14,20,23,29H,7,10,15-16H2/t20-,23+/m1/s1. The fraction of sp³-hybridized carbons (Fsp3) is 0.240. The first-order valence-corrected chi connectivity index (χ1v) is 10.7. The highest BCUT2D eigenvalue weighted by Gasteiger charge is 2.39. The molecule has 6 heteroatoms. The van der Waals surface area contributed by atoms with Crippen molar-refractivity contribution >= 4 is 23.3 Å². The van der Waals surface area contributed by atoms with Crippen molar-refractivity contribution in [2.45, 2.75) is 31.4 Å². The average Bonchev–Trinajstić information content (AvgIpc) is 3.20. The van der Waals surface area contributed by atoms with Crippen molar-refractivity contribution in [3.63, 3.8) is 0 Å². The molecular weight excluding hydrogens is 412 g/mol. The summed E-state index contributed by atoms with van der Waals surface area (Å²) in [6.45, 7) is 0.154. The first-order chi connectivity index (χ1) is 15.0. The molecule has 5 nitrogen and oxygen atoms in total. The van der Waals surface area contributed by atoms with Crippen LogP contribution in [0.4, 0.5) is 0 Å². The number of hydrogen-bond donors (Lipinski definition) is 1. The summed E-state index contributed by atoms with van der Waals surface area (Å²) in [5.41, 5.74) is 3.18. The molecule has 3 aromatic rings. The fourth-order valence-corrected chi connectivity index (χ4v) is 4.16. The molecule has 1 aliphatic heterocycles. The smallest absolute Gasteiger partial charge is 0.255 e. The number of aliphatic hydroxyl groups is 1. The van der Waals surface area contributed by atoms with Crippen molar-refractivity contribution in [2.75, 3.05) is 6.54 Å². The van der Waals surface area contributed by atoms with Crippen LogP contribution in [0.3, 0.4) is 0 Å². The molecule has 0 spiro atoms. The third kappa shape index (κ3) is 4.84. The van der Waals surface area contributed by atoms with Crippen LogP contribution in [0.1, 0.15) is 28.8 Å². The number of carbonyl (C=O) groups excluding carboxylic acids is 2. The summed E-state index contributed by atoms with van der Waals surface area (Å²) in [6.07, 6.45) is 3.79. The highest BCUT2D eigenvalue weighted by molar-refractivity contribution is 6.30. The number of ketones is 1. The Morgan fingerprint density at radius 2 is 1.74 bits per heavy atom. The minimum absolute atomic E-state index is 0.0405. The number of amides is 1. The van der Waals surface area contributed by atoms with Gasteiger partial charge in [-0.25, -0.2) is 0 Å². The fourth-order valence-electron chi connectivity index (χ4n) is 4.04. The van der Waals surface area contributed by atoms with Gasteiger partial charge in [0.15, 0.2) is 5.78 Å². The number of aliphatic hydroxyl groups excluding tert-OH is 1. The number of aromatic nitrogens is 1. The number of halogens is 1. The summed E-state index contributed by atoms with van der Waals surface area (Å²) in [5, 5.41) is 10.9. The lowest BCUT2D eigenvalue weighted by Crippen LogP contribution is -2.41. The highest BCUT2D eigenvalue weighted by Crippen LogP contribution is 2.28. The summed E-state index contributed by atoms with van der Waals surface area (Å²) >= 11 is 5.92. The minimum Gasteiger partial charge on any atom is -0.391 e. The molecule has 4 rings (SSSR count). The molecule has 0 aliphatic carbocycles. The Morgan fingerprint density at radius 1 is 1.03 bits per heavy atom. The molecule has 2 atom stereocenters. The summed E-state index contributed by atoms with van der Waals surface area (Å²) in [6, 6.07) is 17.8. The summed E-state index contributed by atoms with van der Waals surface area (Å²) < 4.78 is 0. The van der Waals surface area contributed by atoms with Crippen molar-refractivity contribution in [3.8, 4) is 11.1 Å². The number of benzene rings is 2. The number of β-amino-alcohol motifs (C(OH)–C–C–N with tert-alkyl or cyclic N) is 1. The molecule has 1 fully saturated rings. The van der Waals surface area contributed by atoms with E-state index in [9.17, 15) is 14.7 Å². The Hall–Kier alpha value is -3.02. The maximum Gasteiger partial charge on any atom is 0.255 e. The molecule has 31 heavy (non-hydrogen) atoms. The van der Waals surface area contributed by atoms with Gasteiger partial charge in [-0.3, -0.25) is 14.6 Å². The lowest BCUT2D eigenvalue weighted by atomic mass is 9.98. The second-order valence-corrected chi connectivity index (χ2v) is 8.17. The van der Waals surface area contributed by atoms with Gasteiger partial charge in [0, 0.05) is 42.4 Å². The first-order valence-electron chi connectivity index (χ1n) is 10.3. The monoisotopic (exact) mass is 434 g/mol.